The maximum Gasteiger partial charge on any atom is 0.0296 e. The van der Waals surface area contributed by atoms with Crippen LogP contribution < -0.4 is 5.32 Å². The highest BCUT2D eigenvalue weighted by atomic mass is 32.2. The molecule has 3 heteroatoms. The standard InChI is InChI=1S/C15H18N2S/c1-12(14-7-9-16-10-8-14)17-11-13-3-5-15(18-2)6-4-13/h3-10,12,17H,11H2,1-2H3/t12-/m1/s1. The summed E-state index contributed by atoms with van der Waals surface area (Å²) in [6.07, 6.45) is 5.76. The van der Waals surface area contributed by atoms with E-state index in [-0.39, 0.29) is 0 Å². The van der Waals surface area contributed by atoms with Crippen molar-refractivity contribution in [3.8, 4) is 0 Å². The quantitative estimate of drug-likeness (QED) is 0.829. The molecule has 0 fully saturated rings. The highest BCUT2D eigenvalue weighted by Crippen LogP contribution is 2.16. The Morgan fingerprint density at radius 1 is 1.11 bits per heavy atom. The molecule has 0 bridgehead atoms. The third-order valence-corrected chi connectivity index (χ3v) is 3.72. The number of thioether (sulfide) groups is 1. The van der Waals surface area contributed by atoms with Crippen LogP contribution in [0.4, 0.5) is 0 Å². The van der Waals surface area contributed by atoms with Gasteiger partial charge in [0, 0.05) is 29.9 Å². The van der Waals surface area contributed by atoms with E-state index in [1.807, 2.05) is 12.4 Å². The number of nitrogens with one attached hydrogen (secondary N) is 1. The molecule has 2 aromatic rings. The molecule has 0 saturated heterocycles. The topological polar surface area (TPSA) is 24.9 Å². The summed E-state index contributed by atoms with van der Waals surface area (Å²) in [6.45, 7) is 3.06. The molecule has 2 nitrogen and oxygen atoms in total. The minimum atomic E-state index is 0.341. The number of rotatable bonds is 5. The van der Waals surface area contributed by atoms with Gasteiger partial charge < -0.3 is 5.32 Å². The predicted molar refractivity (Wildman–Crippen MR) is 77.7 cm³/mol. The third-order valence-electron chi connectivity index (χ3n) is 2.98. The van der Waals surface area contributed by atoms with Crippen molar-refractivity contribution in [3.63, 3.8) is 0 Å². The summed E-state index contributed by atoms with van der Waals surface area (Å²) in [4.78, 5) is 5.34. The van der Waals surface area contributed by atoms with Gasteiger partial charge in [-0.3, -0.25) is 4.98 Å². The molecule has 0 aliphatic carbocycles. The van der Waals surface area contributed by atoms with Crippen LogP contribution in [0.2, 0.25) is 0 Å². The lowest BCUT2D eigenvalue weighted by atomic mass is 10.1. The molecule has 0 unspecified atom stereocenters. The van der Waals surface area contributed by atoms with Crippen LogP contribution in [0.25, 0.3) is 0 Å². The van der Waals surface area contributed by atoms with Crippen molar-refractivity contribution in [2.45, 2.75) is 24.4 Å². The van der Waals surface area contributed by atoms with Gasteiger partial charge in [0.1, 0.15) is 0 Å². The molecule has 1 aromatic carbocycles. The molecule has 0 aliphatic heterocycles. The van der Waals surface area contributed by atoms with Crippen LogP contribution >= 0.6 is 11.8 Å². The van der Waals surface area contributed by atoms with Crippen LogP contribution in [0.1, 0.15) is 24.1 Å². The summed E-state index contributed by atoms with van der Waals surface area (Å²) in [7, 11) is 0. The van der Waals surface area contributed by atoms with E-state index in [0.29, 0.717) is 6.04 Å². The van der Waals surface area contributed by atoms with E-state index < -0.39 is 0 Å². The summed E-state index contributed by atoms with van der Waals surface area (Å²) in [5.74, 6) is 0. The Kier molecular flexibility index (Phi) is 4.79. The molecule has 0 radical (unpaired) electrons. The highest BCUT2D eigenvalue weighted by molar-refractivity contribution is 7.98. The zero-order valence-corrected chi connectivity index (χ0v) is 11.6. The lowest BCUT2D eigenvalue weighted by Gasteiger charge is -2.14. The predicted octanol–water partition coefficient (Wildman–Crippen LogP) is 3.65. The number of aromatic nitrogens is 1. The van der Waals surface area contributed by atoms with Gasteiger partial charge in [-0.1, -0.05) is 12.1 Å². The van der Waals surface area contributed by atoms with Gasteiger partial charge in [-0.15, -0.1) is 11.8 Å². The molecule has 18 heavy (non-hydrogen) atoms. The van der Waals surface area contributed by atoms with Crippen LogP contribution in [-0.4, -0.2) is 11.2 Å². The van der Waals surface area contributed by atoms with Gasteiger partial charge >= 0.3 is 0 Å². The van der Waals surface area contributed by atoms with E-state index in [2.05, 4.69) is 59.9 Å². The molecule has 0 aliphatic rings. The Hall–Kier alpha value is -1.32. The Morgan fingerprint density at radius 2 is 1.78 bits per heavy atom. The second-order valence-electron chi connectivity index (χ2n) is 4.23. The fraction of sp³-hybridized carbons (Fsp3) is 0.267. The molecule has 1 N–H and O–H groups in total. The molecule has 1 atom stereocenters. The van der Waals surface area contributed by atoms with Crippen molar-refractivity contribution in [3.05, 3.63) is 59.9 Å². The summed E-state index contributed by atoms with van der Waals surface area (Å²) >= 11 is 1.77. The molecular weight excluding hydrogens is 240 g/mol. The fourth-order valence-corrected chi connectivity index (χ4v) is 2.19. The van der Waals surface area contributed by atoms with Gasteiger partial charge in [0.15, 0.2) is 0 Å². The summed E-state index contributed by atoms with van der Waals surface area (Å²) in [5.41, 5.74) is 2.58. The number of nitrogens with zero attached hydrogens (tertiary/aromatic N) is 1. The third kappa shape index (κ3) is 3.59. The smallest absolute Gasteiger partial charge is 0.0296 e. The van der Waals surface area contributed by atoms with Gasteiger partial charge in [0.2, 0.25) is 0 Å². The van der Waals surface area contributed by atoms with E-state index in [4.69, 9.17) is 0 Å². The Morgan fingerprint density at radius 3 is 2.39 bits per heavy atom. The van der Waals surface area contributed by atoms with Gasteiger partial charge in [0.25, 0.3) is 0 Å². The molecule has 0 amide bonds. The number of benzene rings is 1. The molecule has 1 heterocycles. The molecule has 0 saturated carbocycles. The van der Waals surface area contributed by atoms with Gasteiger partial charge in [-0.2, -0.15) is 0 Å². The first-order valence-electron chi connectivity index (χ1n) is 6.06. The van der Waals surface area contributed by atoms with Gasteiger partial charge in [-0.05, 0) is 48.6 Å². The zero-order valence-electron chi connectivity index (χ0n) is 10.8. The SMILES string of the molecule is CSc1ccc(CN[C@H](C)c2ccncc2)cc1. The van der Waals surface area contributed by atoms with E-state index in [1.165, 1.54) is 16.0 Å². The lowest BCUT2D eigenvalue weighted by Crippen LogP contribution is -2.17. The van der Waals surface area contributed by atoms with Crippen LogP contribution in [0.5, 0.6) is 0 Å². The highest BCUT2D eigenvalue weighted by Gasteiger charge is 2.03. The Bertz CT molecular complexity index is 468. The van der Waals surface area contributed by atoms with E-state index >= 15 is 0 Å². The maximum absolute atomic E-state index is 4.04. The summed E-state index contributed by atoms with van der Waals surface area (Å²) < 4.78 is 0. The Balaban J connectivity index is 1.91. The molecule has 0 spiro atoms. The second-order valence-corrected chi connectivity index (χ2v) is 5.11. The van der Waals surface area contributed by atoms with Crippen molar-refractivity contribution >= 4 is 11.8 Å². The summed E-state index contributed by atoms with van der Waals surface area (Å²) in [6, 6.07) is 13.1. The average molecular weight is 258 g/mol. The average Bonchev–Trinajstić information content (AvgIpc) is 2.46. The number of hydrogen-bond acceptors (Lipinski definition) is 3. The van der Waals surface area contributed by atoms with Crippen LogP contribution in [0.15, 0.2) is 53.7 Å². The van der Waals surface area contributed by atoms with Crippen LogP contribution in [-0.2, 0) is 6.54 Å². The van der Waals surface area contributed by atoms with Crippen molar-refractivity contribution in [1.29, 1.82) is 0 Å². The van der Waals surface area contributed by atoms with Crippen molar-refractivity contribution < 1.29 is 0 Å². The van der Waals surface area contributed by atoms with Crippen LogP contribution in [0.3, 0.4) is 0 Å². The molecular formula is C15H18N2S. The normalized spacial score (nSPS) is 12.3. The van der Waals surface area contributed by atoms with Crippen molar-refractivity contribution in [2.75, 3.05) is 6.26 Å². The second kappa shape index (κ2) is 6.57. The maximum atomic E-state index is 4.04. The van der Waals surface area contributed by atoms with Gasteiger partial charge in [0.05, 0.1) is 0 Å². The zero-order chi connectivity index (χ0) is 12.8. The summed E-state index contributed by atoms with van der Waals surface area (Å²) in [5, 5.41) is 3.52. The minimum Gasteiger partial charge on any atom is -0.306 e. The van der Waals surface area contributed by atoms with Gasteiger partial charge in [-0.25, -0.2) is 0 Å². The van der Waals surface area contributed by atoms with Crippen LogP contribution in [0, 0.1) is 0 Å². The number of pyridine rings is 1. The lowest BCUT2D eigenvalue weighted by molar-refractivity contribution is 0.574. The first-order chi connectivity index (χ1) is 8.79. The molecule has 2 rings (SSSR count). The van der Waals surface area contributed by atoms with Crippen molar-refractivity contribution in [2.24, 2.45) is 0 Å². The first kappa shape index (κ1) is 13.1. The van der Waals surface area contributed by atoms with E-state index in [1.54, 1.807) is 11.8 Å². The van der Waals surface area contributed by atoms with E-state index in [9.17, 15) is 0 Å². The molecule has 1 aromatic heterocycles. The molecule has 94 valence electrons. The minimum absolute atomic E-state index is 0.341. The largest absolute Gasteiger partial charge is 0.306 e. The fourth-order valence-electron chi connectivity index (χ4n) is 1.78. The number of hydrogen-bond donors (Lipinski definition) is 1. The van der Waals surface area contributed by atoms with E-state index in [0.717, 1.165) is 6.54 Å². The monoisotopic (exact) mass is 258 g/mol. The first-order valence-corrected chi connectivity index (χ1v) is 7.28. The Labute approximate surface area is 113 Å². The van der Waals surface area contributed by atoms with Crippen molar-refractivity contribution in [1.82, 2.24) is 10.3 Å².